The zero-order valence-corrected chi connectivity index (χ0v) is 15.8. The molecule has 0 N–H and O–H groups in total. The van der Waals surface area contributed by atoms with Crippen LogP contribution in [-0.4, -0.2) is 43.1 Å². The third-order valence-electron chi connectivity index (χ3n) is 5.80. The van der Waals surface area contributed by atoms with Crippen molar-refractivity contribution in [2.75, 3.05) is 20.3 Å². The van der Waals surface area contributed by atoms with E-state index < -0.39 is 0 Å². The van der Waals surface area contributed by atoms with Gasteiger partial charge < -0.3 is 9.47 Å². The number of Topliss-reactive ketones (excluding diaryl/α,β-unsaturated/α-hetero) is 1. The molecule has 4 nitrogen and oxygen atoms in total. The lowest BCUT2D eigenvalue weighted by molar-refractivity contribution is -0.0872. The molecule has 2 bridgehead atoms. The average molecular weight is 365 g/mol. The Hall–Kier alpha value is -2.01. The van der Waals surface area contributed by atoms with Crippen molar-refractivity contribution in [2.24, 2.45) is 5.92 Å². The van der Waals surface area contributed by atoms with Crippen molar-refractivity contribution in [2.45, 2.75) is 38.1 Å². The number of nitrogens with zero attached hydrogens (tertiary/aromatic N) is 1. The van der Waals surface area contributed by atoms with E-state index in [0.717, 1.165) is 43.7 Å². The number of ether oxygens (including phenoxy) is 2. The molecule has 0 spiro atoms. The Bertz CT molecular complexity index is 745. The molecule has 0 aliphatic carbocycles. The third-order valence-corrected chi connectivity index (χ3v) is 5.80. The molecular formula is C23H27NO3. The molecule has 2 heterocycles. The molecule has 2 aliphatic heterocycles. The number of hydrogen-bond acceptors (Lipinski definition) is 4. The van der Waals surface area contributed by atoms with Gasteiger partial charge in [0.05, 0.1) is 19.8 Å². The standard InChI is InChI=1S/C23H27NO3/c1-26-14-18-7-9-19(10-8-18)23(25)20-11-21-15-27-16-22(12-20)24(21)13-17-5-3-2-4-6-17/h2-10,20-22H,11-16H2,1H3. The summed E-state index contributed by atoms with van der Waals surface area (Å²) in [6.07, 6.45) is 1.75. The first kappa shape index (κ1) is 18.4. The average Bonchev–Trinajstić information content (AvgIpc) is 2.69. The minimum absolute atomic E-state index is 0.0872. The van der Waals surface area contributed by atoms with Crippen LogP contribution < -0.4 is 0 Å². The van der Waals surface area contributed by atoms with E-state index in [2.05, 4.69) is 35.2 Å². The van der Waals surface area contributed by atoms with E-state index in [0.29, 0.717) is 18.7 Å². The molecule has 2 fully saturated rings. The van der Waals surface area contributed by atoms with Crippen LogP contribution in [0.25, 0.3) is 0 Å². The number of fused-ring (bicyclic) bond motifs is 2. The van der Waals surface area contributed by atoms with Gasteiger partial charge in [0, 0.05) is 37.2 Å². The normalized spacial score (nSPS) is 25.3. The first-order valence-corrected chi connectivity index (χ1v) is 9.74. The van der Waals surface area contributed by atoms with Gasteiger partial charge in [0.1, 0.15) is 0 Å². The molecule has 4 heteroatoms. The van der Waals surface area contributed by atoms with Crippen LogP contribution >= 0.6 is 0 Å². The van der Waals surface area contributed by atoms with Crippen LogP contribution in [0.3, 0.4) is 0 Å². The molecule has 0 aromatic heterocycles. The van der Waals surface area contributed by atoms with Crippen molar-refractivity contribution in [3.8, 4) is 0 Å². The Balaban J connectivity index is 1.45. The number of ketones is 1. The molecule has 0 amide bonds. The summed E-state index contributed by atoms with van der Waals surface area (Å²) in [6.45, 7) is 2.96. The third kappa shape index (κ3) is 4.13. The van der Waals surface area contributed by atoms with Gasteiger partial charge in [-0.1, -0.05) is 54.6 Å². The molecular weight excluding hydrogens is 338 g/mol. The lowest BCUT2D eigenvalue weighted by Gasteiger charge is -2.48. The summed E-state index contributed by atoms with van der Waals surface area (Å²) in [5.74, 6) is 0.361. The number of hydrogen-bond donors (Lipinski definition) is 0. The molecule has 2 aliphatic rings. The summed E-state index contributed by atoms with van der Waals surface area (Å²) >= 11 is 0. The maximum Gasteiger partial charge on any atom is 0.166 e. The summed E-state index contributed by atoms with van der Waals surface area (Å²) < 4.78 is 11.0. The number of carbonyl (C=O) groups excluding carboxylic acids is 1. The summed E-state index contributed by atoms with van der Waals surface area (Å²) in [4.78, 5) is 15.6. The lowest BCUT2D eigenvalue weighted by Crippen LogP contribution is -2.57. The highest BCUT2D eigenvalue weighted by Crippen LogP contribution is 2.34. The van der Waals surface area contributed by atoms with E-state index in [-0.39, 0.29) is 11.7 Å². The number of morpholine rings is 1. The molecule has 142 valence electrons. The molecule has 2 atom stereocenters. The number of carbonyl (C=O) groups is 1. The van der Waals surface area contributed by atoms with Crippen molar-refractivity contribution in [1.29, 1.82) is 0 Å². The first-order chi connectivity index (χ1) is 13.2. The Labute approximate surface area is 161 Å². The molecule has 2 aromatic rings. The molecule has 4 rings (SSSR count). The van der Waals surface area contributed by atoms with Crippen LogP contribution in [0, 0.1) is 5.92 Å². The van der Waals surface area contributed by atoms with Crippen LogP contribution in [0.5, 0.6) is 0 Å². The largest absolute Gasteiger partial charge is 0.380 e. The monoisotopic (exact) mass is 365 g/mol. The molecule has 0 saturated carbocycles. The van der Waals surface area contributed by atoms with E-state index in [1.165, 1.54) is 5.56 Å². The minimum Gasteiger partial charge on any atom is -0.380 e. The Morgan fingerprint density at radius 3 is 2.30 bits per heavy atom. The zero-order valence-electron chi connectivity index (χ0n) is 15.8. The van der Waals surface area contributed by atoms with E-state index in [1.54, 1.807) is 7.11 Å². The highest BCUT2D eigenvalue weighted by Gasteiger charge is 2.41. The van der Waals surface area contributed by atoms with Gasteiger partial charge in [0.25, 0.3) is 0 Å². The summed E-state index contributed by atoms with van der Waals surface area (Å²) in [5, 5.41) is 0. The van der Waals surface area contributed by atoms with Crippen LogP contribution in [0.4, 0.5) is 0 Å². The maximum atomic E-state index is 13.1. The van der Waals surface area contributed by atoms with Gasteiger partial charge in [-0.2, -0.15) is 0 Å². The van der Waals surface area contributed by atoms with Gasteiger partial charge in [0.2, 0.25) is 0 Å². The molecule has 2 aromatic carbocycles. The lowest BCUT2D eigenvalue weighted by atomic mass is 9.80. The van der Waals surface area contributed by atoms with Crippen molar-refractivity contribution in [1.82, 2.24) is 4.90 Å². The molecule has 0 radical (unpaired) electrons. The summed E-state index contributed by atoms with van der Waals surface area (Å²) in [6, 6.07) is 19.1. The fourth-order valence-corrected chi connectivity index (χ4v) is 4.42. The first-order valence-electron chi connectivity index (χ1n) is 9.74. The zero-order chi connectivity index (χ0) is 18.6. The SMILES string of the molecule is COCc1ccc(C(=O)C2CC3COCC(C2)N3Cc2ccccc2)cc1. The van der Waals surface area contributed by atoms with Gasteiger partial charge in [-0.15, -0.1) is 0 Å². The molecule has 2 unspecified atom stereocenters. The minimum atomic E-state index is 0.0872. The smallest absolute Gasteiger partial charge is 0.166 e. The Morgan fingerprint density at radius 1 is 1.00 bits per heavy atom. The number of rotatable bonds is 6. The Morgan fingerprint density at radius 2 is 1.67 bits per heavy atom. The highest BCUT2D eigenvalue weighted by molar-refractivity contribution is 5.98. The van der Waals surface area contributed by atoms with E-state index in [1.807, 2.05) is 24.3 Å². The van der Waals surface area contributed by atoms with E-state index in [4.69, 9.17) is 9.47 Å². The second kappa shape index (κ2) is 8.34. The highest BCUT2D eigenvalue weighted by atomic mass is 16.5. The molecule has 2 saturated heterocycles. The predicted molar refractivity (Wildman–Crippen MR) is 105 cm³/mol. The maximum absolute atomic E-state index is 13.1. The van der Waals surface area contributed by atoms with Gasteiger partial charge in [-0.3, -0.25) is 9.69 Å². The fraction of sp³-hybridized carbons (Fsp3) is 0.435. The van der Waals surface area contributed by atoms with E-state index >= 15 is 0 Å². The van der Waals surface area contributed by atoms with Crippen molar-refractivity contribution >= 4 is 5.78 Å². The van der Waals surface area contributed by atoms with Gasteiger partial charge >= 0.3 is 0 Å². The topological polar surface area (TPSA) is 38.8 Å². The van der Waals surface area contributed by atoms with Crippen LogP contribution in [0.2, 0.25) is 0 Å². The van der Waals surface area contributed by atoms with Crippen LogP contribution in [-0.2, 0) is 22.6 Å². The second-order valence-corrected chi connectivity index (χ2v) is 7.67. The summed E-state index contributed by atoms with van der Waals surface area (Å²) in [7, 11) is 1.68. The fourth-order valence-electron chi connectivity index (χ4n) is 4.42. The van der Waals surface area contributed by atoms with E-state index in [9.17, 15) is 4.79 Å². The molecule has 27 heavy (non-hydrogen) atoms. The number of piperidine rings is 1. The quantitative estimate of drug-likeness (QED) is 0.732. The van der Waals surface area contributed by atoms with Crippen molar-refractivity contribution < 1.29 is 14.3 Å². The van der Waals surface area contributed by atoms with Crippen molar-refractivity contribution in [3.05, 3.63) is 71.3 Å². The van der Waals surface area contributed by atoms with Gasteiger partial charge in [-0.05, 0) is 24.0 Å². The van der Waals surface area contributed by atoms with Gasteiger partial charge in [0.15, 0.2) is 5.78 Å². The Kier molecular flexibility index (Phi) is 5.67. The van der Waals surface area contributed by atoms with Crippen LogP contribution in [0.15, 0.2) is 54.6 Å². The number of benzene rings is 2. The van der Waals surface area contributed by atoms with Crippen LogP contribution in [0.1, 0.15) is 34.3 Å². The second-order valence-electron chi connectivity index (χ2n) is 7.67. The summed E-state index contributed by atoms with van der Waals surface area (Å²) in [5.41, 5.74) is 3.24. The number of methoxy groups -OCH3 is 1. The van der Waals surface area contributed by atoms with Crippen molar-refractivity contribution in [3.63, 3.8) is 0 Å². The van der Waals surface area contributed by atoms with Gasteiger partial charge in [-0.25, -0.2) is 0 Å². The predicted octanol–water partition coefficient (Wildman–Crippen LogP) is 3.70.